The highest BCUT2D eigenvalue weighted by molar-refractivity contribution is 5.95. The Kier molecular flexibility index (Phi) is 6.75. The summed E-state index contributed by atoms with van der Waals surface area (Å²) in [5.74, 6) is -1.08. The third kappa shape index (κ3) is 5.80. The lowest BCUT2D eigenvalue weighted by molar-refractivity contribution is -0.144. The van der Waals surface area contributed by atoms with Gasteiger partial charge in [-0.2, -0.15) is 18.3 Å². The maximum atomic E-state index is 13.1. The molecule has 2 aromatic heterocycles. The van der Waals surface area contributed by atoms with Crippen molar-refractivity contribution in [2.24, 2.45) is 7.05 Å². The number of nitrogens with one attached hydrogen (secondary N) is 3. The number of hydrogen-bond acceptors (Lipinski definition) is 4. The molecule has 1 aromatic carbocycles. The summed E-state index contributed by atoms with van der Waals surface area (Å²) in [6.07, 6.45) is -8.03. The normalized spacial score (nSPS) is 11.8. The first kappa shape index (κ1) is 23.2. The highest BCUT2D eigenvalue weighted by Gasteiger charge is 2.27. The van der Waals surface area contributed by atoms with Crippen molar-refractivity contribution in [1.82, 2.24) is 30.4 Å². The van der Waals surface area contributed by atoms with E-state index >= 15 is 0 Å². The lowest BCUT2D eigenvalue weighted by Crippen LogP contribution is -2.24. The Hall–Kier alpha value is -3.51. The Morgan fingerprint density at radius 1 is 1.19 bits per heavy atom. The Bertz CT molecular complexity index is 1120. The molecule has 0 spiro atoms. The van der Waals surface area contributed by atoms with E-state index in [2.05, 4.69) is 25.7 Å². The van der Waals surface area contributed by atoms with Crippen LogP contribution in [0.4, 0.5) is 22.0 Å². The molecule has 0 bridgehead atoms. The van der Waals surface area contributed by atoms with Gasteiger partial charge in [0.1, 0.15) is 11.5 Å². The van der Waals surface area contributed by atoms with Crippen molar-refractivity contribution in [1.29, 1.82) is 0 Å². The van der Waals surface area contributed by atoms with Crippen molar-refractivity contribution >= 4 is 22.8 Å². The van der Waals surface area contributed by atoms with Crippen molar-refractivity contribution in [3.05, 3.63) is 47.0 Å². The van der Waals surface area contributed by atoms with Crippen molar-refractivity contribution in [2.75, 3.05) is 0 Å². The second-order valence-corrected chi connectivity index (χ2v) is 6.98. The number of alkyl halides is 5. The first-order valence-electron chi connectivity index (χ1n) is 9.42. The quantitative estimate of drug-likeness (QED) is 0.451. The standard InChI is InChI=1S/C19H19F5N6O2/c1-30-16(17(20)21)11(8-27-30)18(32)26-9-14-28-12-3-2-10(6-13(12)29-14)7-25-15(31)4-5-19(22,23)24/h2-3,6,8,17H,4-5,7,9H2,1H3,(H,25,31)(H,26,32)(H,28,29). The molecular weight excluding hydrogens is 439 g/mol. The second kappa shape index (κ2) is 9.32. The highest BCUT2D eigenvalue weighted by atomic mass is 19.4. The van der Waals surface area contributed by atoms with E-state index in [1.807, 2.05) is 0 Å². The van der Waals surface area contributed by atoms with Crippen molar-refractivity contribution in [3.8, 4) is 0 Å². The van der Waals surface area contributed by atoms with Crippen molar-refractivity contribution < 1.29 is 31.5 Å². The molecule has 0 unspecified atom stereocenters. The number of aromatic nitrogens is 4. The molecule has 0 aliphatic heterocycles. The minimum absolute atomic E-state index is 0.0368. The van der Waals surface area contributed by atoms with Crippen LogP contribution in [0, 0.1) is 0 Å². The van der Waals surface area contributed by atoms with E-state index in [4.69, 9.17) is 0 Å². The fraction of sp³-hybridized carbons (Fsp3) is 0.368. The predicted molar refractivity (Wildman–Crippen MR) is 103 cm³/mol. The third-order valence-corrected chi connectivity index (χ3v) is 4.57. The molecule has 0 aliphatic rings. The van der Waals surface area contributed by atoms with Crippen molar-refractivity contribution in [3.63, 3.8) is 0 Å². The lowest BCUT2D eigenvalue weighted by atomic mass is 10.2. The molecule has 172 valence electrons. The van der Waals surface area contributed by atoms with Crippen LogP contribution >= 0.6 is 0 Å². The summed E-state index contributed by atoms with van der Waals surface area (Å²) in [5, 5.41) is 8.59. The first-order chi connectivity index (χ1) is 15.0. The maximum Gasteiger partial charge on any atom is 0.389 e. The summed E-state index contributed by atoms with van der Waals surface area (Å²) < 4.78 is 63.6. The number of aromatic amines is 1. The summed E-state index contributed by atoms with van der Waals surface area (Å²) >= 11 is 0. The van der Waals surface area contributed by atoms with Gasteiger partial charge in [-0.1, -0.05) is 6.07 Å². The van der Waals surface area contributed by atoms with E-state index in [9.17, 15) is 31.5 Å². The Balaban J connectivity index is 1.59. The van der Waals surface area contributed by atoms with Crippen LogP contribution in [0.15, 0.2) is 24.4 Å². The summed E-state index contributed by atoms with van der Waals surface area (Å²) in [5.41, 5.74) is 1.03. The molecular formula is C19H19F5N6O2. The van der Waals surface area contributed by atoms with Crippen LogP contribution in [0.3, 0.4) is 0 Å². The third-order valence-electron chi connectivity index (χ3n) is 4.57. The molecule has 2 heterocycles. The maximum absolute atomic E-state index is 13.1. The van der Waals surface area contributed by atoms with Crippen LogP contribution in [0.2, 0.25) is 0 Å². The number of amides is 2. The number of rotatable bonds is 8. The number of fused-ring (bicyclic) bond motifs is 1. The van der Waals surface area contributed by atoms with Gasteiger partial charge in [-0.3, -0.25) is 14.3 Å². The van der Waals surface area contributed by atoms with E-state index in [0.29, 0.717) is 22.4 Å². The SMILES string of the molecule is Cn1ncc(C(=O)NCc2nc3ccc(CNC(=O)CCC(F)(F)F)cc3[nH]2)c1C(F)F. The fourth-order valence-corrected chi connectivity index (χ4v) is 2.99. The number of nitrogens with zero attached hydrogens (tertiary/aromatic N) is 3. The zero-order valence-electron chi connectivity index (χ0n) is 16.8. The Labute approximate surface area is 178 Å². The monoisotopic (exact) mass is 458 g/mol. The van der Waals surface area contributed by atoms with Gasteiger partial charge < -0.3 is 15.6 Å². The van der Waals surface area contributed by atoms with Gasteiger partial charge >= 0.3 is 6.18 Å². The van der Waals surface area contributed by atoms with Gasteiger partial charge in [0.25, 0.3) is 12.3 Å². The molecule has 32 heavy (non-hydrogen) atoms. The van der Waals surface area contributed by atoms with E-state index in [0.717, 1.165) is 10.9 Å². The number of aryl methyl sites for hydroxylation is 1. The molecule has 8 nitrogen and oxygen atoms in total. The van der Waals surface area contributed by atoms with Crippen LogP contribution in [0.25, 0.3) is 11.0 Å². The topological polar surface area (TPSA) is 105 Å². The summed E-state index contributed by atoms with van der Waals surface area (Å²) in [6, 6.07) is 4.96. The highest BCUT2D eigenvalue weighted by Crippen LogP contribution is 2.22. The number of benzene rings is 1. The Morgan fingerprint density at radius 3 is 2.62 bits per heavy atom. The van der Waals surface area contributed by atoms with Gasteiger partial charge in [-0.05, 0) is 17.7 Å². The van der Waals surface area contributed by atoms with Crippen LogP contribution in [-0.2, 0) is 24.9 Å². The number of hydrogen-bond donors (Lipinski definition) is 3. The van der Waals surface area contributed by atoms with E-state index in [1.54, 1.807) is 18.2 Å². The van der Waals surface area contributed by atoms with E-state index < -0.39 is 43.0 Å². The smallest absolute Gasteiger partial charge is 0.352 e. The number of halogens is 5. The number of carbonyl (C=O) groups is 2. The lowest BCUT2D eigenvalue weighted by Gasteiger charge is -2.07. The zero-order chi connectivity index (χ0) is 23.5. The van der Waals surface area contributed by atoms with Gasteiger partial charge in [-0.25, -0.2) is 13.8 Å². The predicted octanol–water partition coefficient (Wildman–Crippen LogP) is 3.12. The molecule has 0 saturated heterocycles. The zero-order valence-corrected chi connectivity index (χ0v) is 16.8. The number of imidazole rings is 1. The van der Waals surface area contributed by atoms with Gasteiger partial charge in [0.15, 0.2) is 0 Å². The largest absolute Gasteiger partial charge is 0.389 e. The van der Waals surface area contributed by atoms with Gasteiger partial charge in [-0.15, -0.1) is 0 Å². The number of H-pyrrole nitrogens is 1. The number of carbonyl (C=O) groups excluding carboxylic acids is 2. The van der Waals surface area contributed by atoms with Gasteiger partial charge in [0, 0.05) is 20.0 Å². The average molecular weight is 458 g/mol. The molecule has 3 N–H and O–H groups in total. The van der Waals surface area contributed by atoms with Crippen LogP contribution in [0.1, 0.15) is 46.7 Å². The molecule has 3 rings (SSSR count). The van der Waals surface area contributed by atoms with Crippen LogP contribution in [-0.4, -0.2) is 37.7 Å². The molecule has 0 saturated carbocycles. The molecule has 0 aliphatic carbocycles. The Morgan fingerprint density at radius 2 is 1.94 bits per heavy atom. The molecule has 2 amide bonds. The fourth-order valence-electron chi connectivity index (χ4n) is 2.99. The second-order valence-electron chi connectivity index (χ2n) is 6.98. The van der Waals surface area contributed by atoms with Crippen LogP contribution in [0.5, 0.6) is 0 Å². The first-order valence-corrected chi connectivity index (χ1v) is 9.42. The van der Waals surface area contributed by atoms with Crippen LogP contribution < -0.4 is 10.6 Å². The molecule has 0 fully saturated rings. The average Bonchev–Trinajstić information content (AvgIpc) is 3.30. The molecule has 0 atom stereocenters. The van der Waals surface area contributed by atoms with Crippen molar-refractivity contribution in [2.45, 2.75) is 38.5 Å². The summed E-state index contributed by atoms with van der Waals surface area (Å²) in [4.78, 5) is 31.0. The van der Waals surface area contributed by atoms with Gasteiger partial charge in [0.2, 0.25) is 5.91 Å². The summed E-state index contributed by atoms with van der Waals surface area (Å²) in [6.45, 7) is -0.0241. The molecule has 0 radical (unpaired) electrons. The minimum Gasteiger partial charge on any atom is -0.352 e. The minimum atomic E-state index is -4.39. The molecule has 3 aromatic rings. The molecule has 13 heteroatoms. The van der Waals surface area contributed by atoms with E-state index in [-0.39, 0.29) is 18.7 Å². The van der Waals surface area contributed by atoms with Gasteiger partial charge in [0.05, 0.1) is 35.8 Å². The summed E-state index contributed by atoms with van der Waals surface area (Å²) in [7, 11) is 1.31. The van der Waals surface area contributed by atoms with E-state index in [1.165, 1.54) is 7.05 Å².